The molecule has 132 valence electrons. The third-order valence-electron chi connectivity index (χ3n) is 4.24. The topological polar surface area (TPSA) is 95.7 Å². The number of benzene rings is 1. The number of aliphatic hydroxyl groups excluding tert-OH is 1. The Morgan fingerprint density at radius 2 is 2.04 bits per heavy atom. The van der Waals surface area contributed by atoms with E-state index in [9.17, 15) is 20.0 Å². The van der Waals surface area contributed by atoms with Crippen LogP contribution in [0.3, 0.4) is 0 Å². The van der Waals surface area contributed by atoms with Gasteiger partial charge in [-0.1, -0.05) is 6.92 Å². The molecule has 24 heavy (non-hydrogen) atoms. The first-order valence-corrected chi connectivity index (χ1v) is 8.38. The lowest BCUT2D eigenvalue weighted by Gasteiger charge is -2.18. The summed E-state index contributed by atoms with van der Waals surface area (Å²) in [4.78, 5) is 25.2. The summed E-state index contributed by atoms with van der Waals surface area (Å²) in [6.07, 6.45) is 2.23. The smallest absolute Gasteiger partial charge is 0.293 e. The highest BCUT2D eigenvalue weighted by atomic mass is 16.6. The van der Waals surface area contributed by atoms with Gasteiger partial charge in [-0.15, -0.1) is 0 Å². The highest BCUT2D eigenvalue weighted by Crippen LogP contribution is 2.31. The van der Waals surface area contributed by atoms with Crippen molar-refractivity contribution in [3.8, 4) is 0 Å². The van der Waals surface area contributed by atoms with Crippen molar-refractivity contribution in [1.29, 1.82) is 0 Å². The summed E-state index contributed by atoms with van der Waals surface area (Å²) in [5, 5.41) is 23.5. The number of anilines is 1. The molecule has 7 nitrogen and oxygen atoms in total. The molecule has 1 fully saturated rings. The van der Waals surface area contributed by atoms with Crippen LogP contribution >= 0.6 is 0 Å². The van der Waals surface area contributed by atoms with Crippen molar-refractivity contribution >= 4 is 17.3 Å². The van der Waals surface area contributed by atoms with Crippen LogP contribution in [0.5, 0.6) is 0 Å². The standard InChI is InChI=1S/C17H25N3O4/c1-12(9-13(2)21)11-18-17(22)14-5-6-15(16(10-14)20(23)24)19-7-3-4-8-19/h5-6,10,12-13,21H,3-4,7-9,11H2,1-2H3,(H,18,22)/t12-,13+/m0/s1. The molecule has 7 heteroatoms. The van der Waals surface area contributed by atoms with Crippen LogP contribution < -0.4 is 10.2 Å². The third-order valence-corrected chi connectivity index (χ3v) is 4.24. The molecule has 1 amide bonds. The van der Waals surface area contributed by atoms with Gasteiger partial charge in [0.1, 0.15) is 5.69 Å². The fourth-order valence-corrected chi connectivity index (χ4v) is 3.07. The van der Waals surface area contributed by atoms with Crippen molar-refractivity contribution < 1.29 is 14.8 Å². The number of amides is 1. The van der Waals surface area contributed by atoms with E-state index >= 15 is 0 Å². The molecule has 2 atom stereocenters. The minimum Gasteiger partial charge on any atom is -0.393 e. The van der Waals surface area contributed by atoms with Gasteiger partial charge in [-0.3, -0.25) is 14.9 Å². The van der Waals surface area contributed by atoms with E-state index in [1.54, 1.807) is 19.1 Å². The monoisotopic (exact) mass is 335 g/mol. The summed E-state index contributed by atoms with van der Waals surface area (Å²) in [5.74, 6) is -0.198. The summed E-state index contributed by atoms with van der Waals surface area (Å²) >= 11 is 0. The molecule has 1 saturated heterocycles. The highest BCUT2D eigenvalue weighted by Gasteiger charge is 2.23. The molecule has 0 unspecified atom stereocenters. The van der Waals surface area contributed by atoms with E-state index in [-0.39, 0.29) is 23.1 Å². The molecule has 1 aromatic carbocycles. The van der Waals surface area contributed by atoms with Gasteiger partial charge in [0, 0.05) is 31.3 Å². The molecular weight excluding hydrogens is 310 g/mol. The molecule has 0 spiro atoms. The Morgan fingerprint density at radius 3 is 2.62 bits per heavy atom. The molecule has 0 bridgehead atoms. The Kier molecular flexibility index (Phi) is 6.14. The zero-order valence-corrected chi connectivity index (χ0v) is 14.2. The van der Waals surface area contributed by atoms with E-state index in [0.717, 1.165) is 25.9 Å². The van der Waals surface area contributed by atoms with E-state index in [0.29, 0.717) is 18.7 Å². The van der Waals surface area contributed by atoms with Crippen molar-refractivity contribution in [3.63, 3.8) is 0 Å². The fourth-order valence-electron chi connectivity index (χ4n) is 3.07. The molecule has 1 heterocycles. The number of nitrogens with one attached hydrogen (secondary N) is 1. The van der Waals surface area contributed by atoms with E-state index in [1.807, 2.05) is 11.8 Å². The molecule has 0 radical (unpaired) electrons. The van der Waals surface area contributed by atoms with E-state index in [1.165, 1.54) is 6.07 Å². The number of nitrogens with zero attached hydrogens (tertiary/aromatic N) is 2. The lowest BCUT2D eigenvalue weighted by molar-refractivity contribution is -0.384. The largest absolute Gasteiger partial charge is 0.393 e. The van der Waals surface area contributed by atoms with Gasteiger partial charge in [0.05, 0.1) is 11.0 Å². The molecule has 2 rings (SSSR count). The van der Waals surface area contributed by atoms with Crippen LogP contribution in [0.15, 0.2) is 18.2 Å². The average molecular weight is 335 g/mol. The lowest BCUT2D eigenvalue weighted by Crippen LogP contribution is -2.29. The zero-order valence-electron chi connectivity index (χ0n) is 14.2. The molecular formula is C17H25N3O4. The van der Waals surface area contributed by atoms with Gasteiger partial charge in [-0.2, -0.15) is 0 Å². The number of carbonyl (C=O) groups is 1. The summed E-state index contributed by atoms with van der Waals surface area (Å²) in [5.41, 5.74) is 0.840. The molecule has 2 N–H and O–H groups in total. The van der Waals surface area contributed by atoms with Crippen LogP contribution in [0.25, 0.3) is 0 Å². The molecule has 1 aliphatic heterocycles. The molecule has 0 saturated carbocycles. The van der Waals surface area contributed by atoms with E-state index in [2.05, 4.69) is 5.32 Å². The zero-order chi connectivity index (χ0) is 17.7. The van der Waals surface area contributed by atoms with Crippen LogP contribution in [0.4, 0.5) is 11.4 Å². The van der Waals surface area contributed by atoms with Crippen molar-refractivity contribution in [2.24, 2.45) is 5.92 Å². The number of nitro benzene ring substituents is 1. The average Bonchev–Trinajstić information content (AvgIpc) is 3.05. The number of hydrogen-bond acceptors (Lipinski definition) is 5. The normalized spacial score (nSPS) is 16.7. The second-order valence-electron chi connectivity index (χ2n) is 6.55. The maximum absolute atomic E-state index is 12.2. The third kappa shape index (κ3) is 4.67. The van der Waals surface area contributed by atoms with E-state index < -0.39 is 11.0 Å². The van der Waals surface area contributed by atoms with Crippen LogP contribution in [0, 0.1) is 16.0 Å². The minimum atomic E-state index is -0.430. The Hall–Kier alpha value is -2.15. The number of nitro groups is 1. The van der Waals surface area contributed by atoms with Crippen LogP contribution in [0.1, 0.15) is 43.5 Å². The lowest BCUT2D eigenvalue weighted by atomic mass is 10.0. The second kappa shape index (κ2) is 8.10. The maximum atomic E-state index is 12.2. The Labute approximate surface area is 141 Å². The van der Waals surface area contributed by atoms with Crippen molar-refractivity contribution in [2.75, 3.05) is 24.5 Å². The summed E-state index contributed by atoms with van der Waals surface area (Å²) in [6.45, 7) is 5.68. The minimum absolute atomic E-state index is 0.0263. The SMILES string of the molecule is C[C@H](CNC(=O)c1ccc(N2CCCC2)c([N+](=O)[O-])c1)C[C@@H](C)O. The predicted octanol–water partition coefficient (Wildman–Crippen LogP) is 2.33. The summed E-state index contributed by atoms with van der Waals surface area (Å²) in [6, 6.07) is 4.65. The number of carbonyl (C=O) groups excluding carboxylic acids is 1. The van der Waals surface area contributed by atoms with Gasteiger partial charge < -0.3 is 15.3 Å². The summed E-state index contributed by atoms with van der Waals surface area (Å²) < 4.78 is 0. The van der Waals surface area contributed by atoms with Gasteiger partial charge in [-0.05, 0) is 44.2 Å². The quantitative estimate of drug-likeness (QED) is 0.589. The number of aliphatic hydroxyl groups is 1. The number of rotatable bonds is 7. The van der Waals surface area contributed by atoms with Gasteiger partial charge >= 0.3 is 0 Å². The first-order chi connectivity index (χ1) is 11.4. The molecule has 1 aromatic rings. The van der Waals surface area contributed by atoms with Gasteiger partial charge in [0.25, 0.3) is 11.6 Å². The van der Waals surface area contributed by atoms with Crippen molar-refractivity contribution in [1.82, 2.24) is 5.32 Å². The van der Waals surface area contributed by atoms with Gasteiger partial charge in [0.2, 0.25) is 0 Å². The van der Waals surface area contributed by atoms with Crippen LogP contribution in [-0.4, -0.2) is 41.7 Å². The van der Waals surface area contributed by atoms with E-state index in [4.69, 9.17) is 0 Å². The predicted molar refractivity (Wildman–Crippen MR) is 92.3 cm³/mol. The van der Waals surface area contributed by atoms with Gasteiger partial charge in [-0.25, -0.2) is 0 Å². The van der Waals surface area contributed by atoms with Crippen LogP contribution in [-0.2, 0) is 0 Å². The highest BCUT2D eigenvalue weighted by molar-refractivity contribution is 5.95. The first-order valence-electron chi connectivity index (χ1n) is 8.38. The molecule has 0 aliphatic carbocycles. The summed E-state index contributed by atoms with van der Waals surface area (Å²) in [7, 11) is 0. The van der Waals surface area contributed by atoms with Gasteiger partial charge in [0.15, 0.2) is 0 Å². The van der Waals surface area contributed by atoms with Crippen LogP contribution in [0.2, 0.25) is 0 Å². The number of hydrogen-bond donors (Lipinski definition) is 2. The van der Waals surface area contributed by atoms with Crippen molar-refractivity contribution in [3.05, 3.63) is 33.9 Å². The fraction of sp³-hybridized carbons (Fsp3) is 0.588. The first kappa shape index (κ1) is 18.2. The Morgan fingerprint density at radius 1 is 1.38 bits per heavy atom. The molecule has 0 aromatic heterocycles. The molecule has 1 aliphatic rings. The Bertz CT molecular complexity index is 597. The van der Waals surface area contributed by atoms with Crippen molar-refractivity contribution in [2.45, 2.75) is 39.2 Å². The maximum Gasteiger partial charge on any atom is 0.293 e. The second-order valence-corrected chi connectivity index (χ2v) is 6.55. The Balaban J connectivity index is 2.08.